The maximum Gasteiger partial charge on any atom is 0.238 e. The minimum Gasteiger partial charge on any atom is -0.438 e. The molecule has 2 aromatic rings. The summed E-state index contributed by atoms with van der Waals surface area (Å²) in [4.78, 5) is 9.27. The van der Waals surface area contributed by atoms with Gasteiger partial charge in [0, 0.05) is 0 Å². The van der Waals surface area contributed by atoms with Gasteiger partial charge in [-0.25, -0.2) is 9.97 Å². The minimum absolute atomic E-state index is 0.114. The largest absolute Gasteiger partial charge is 0.438 e. The molecule has 0 amide bonds. The summed E-state index contributed by atoms with van der Waals surface area (Å²) in [7, 11) is 0. The van der Waals surface area contributed by atoms with E-state index in [9.17, 15) is 0 Å². The van der Waals surface area contributed by atoms with Crippen LogP contribution in [0.4, 0.5) is 0 Å². The van der Waals surface area contributed by atoms with E-state index < -0.39 is 0 Å². The molecular formula is C9H10N2O2S. The molecule has 5 heteroatoms. The van der Waals surface area contributed by atoms with Gasteiger partial charge in [-0.3, -0.25) is 0 Å². The van der Waals surface area contributed by atoms with Gasteiger partial charge in [-0.1, -0.05) is 0 Å². The van der Waals surface area contributed by atoms with Crippen LogP contribution in [0.2, 0.25) is 0 Å². The molecule has 2 rings (SSSR count). The average molecular weight is 210 g/mol. The van der Waals surface area contributed by atoms with E-state index in [0.717, 1.165) is 16.3 Å². The summed E-state index contributed by atoms with van der Waals surface area (Å²) in [5.74, 6) is 1.07. The molecule has 2 heterocycles. The van der Waals surface area contributed by atoms with Crippen LogP contribution in [0.25, 0.3) is 10.8 Å². The maximum atomic E-state index is 8.95. The topological polar surface area (TPSA) is 59.2 Å². The Morgan fingerprint density at radius 2 is 2.21 bits per heavy atom. The minimum atomic E-state index is -0.114. The van der Waals surface area contributed by atoms with Gasteiger partial charge in [-0.05, 0) is 13.8 Å². The summed E-state index contributed by atoms with van der Waals surface area (Å²) in [5.41, 5.74) is 3.39. The number of aryl methyl sites for hydroxylation is 2. The lowest BCUT2D eigenvalue weighted by Crippen LogP contribution is -1.81. The van der Waals surface area contributed by atoms with Gasteiger partial charge in [-0.2, -0.15) is 0 Å². The normalized spacial score (nSPS) is 10.8. The van der Waals surface area contributed by atoms with Gasteiger partial charge in [-0.15, -0.1) is 11.3 Å². The van der Waals surface area contributed by atoms with E-state index in [-0.39, 0.29) is 6.61 Å². The van der Waals surface area contributed by atoms with E-state index in [1.807, 2.05) is 13.8 Å². The Bertz CT molecular complexity index is 447. The number of aliphatic hydroxyl groups is 1. The van der Waals surface area contributed by atoms with E-state index in [0.29, 0.717) is 11.7 Å². The molecule has 0 aromatic carbocycles. The van der Waals surface area contributed by atoms with Crippen molar-refractivity contribution in [1.29, 1.82) is 0 Å². The third kappa shape index (κ3) is 1.44. The number of hydrogen-bond acceptors (Lipinski definition) is 5. The molecule has 0 unspecified atom stereocenters. The second-order valence-corrected chi connectivity index (χ2v) is 3.81. The Balaban J connectivity index is 2.47. The summed E-state index contributed by atoms with van der Waals surface area (Å²) in [6.45, 7) is 3.61. The van der Waals surface area contributed by atoms with Crippen molar-refractivity contribution in [3.05, 3.63) is 22.7 Å². The summed E-state index contributed by atoms with van der Waals surface area (Å²) in [6.07, 6.45) is 0. The Morgan fingerprint density at radius 3 is 2.71 bits per heavy atom. The van der Waals surface area contributed by atoms with Gasteiger partial charge in [0.2, 0.25) is 5.89 Å². The van der Waals surface area contributed by atoms with Crippen LogP contribution in [0.5, 0.6) is 0 Å². The first kappa shape index (κ1) is 9.36. The van der Waals surface area contributed by atoms with Crippen molar-refractivity contribution in [2.45, 2.75) is 20.5 Å². The highest BCUT2D eigenvalue weighted by atomic mass is 32.1. The Hall–Kier alpha value is -1.20. The van der Waals surface area contributed by atoms with Crippen LogP contribution in [0.15, 0.2) is 9.93 Å². The lowest BCUT2D eigenvalue weighted by Gasteiger charge is -1.89. The van der Waals surface area contributed by atoms with Crippen LogP contribution in [0, 0.1) is 13.8 Å². The first-order valence-electron chi connectivity index (χ1n) is 4.20. The fourth-order valence-corrected chi connectivity index (χ4v) is 1.91. The highest BCUT2D eigenvalue weighted by Crippen LogP contribution is 2.27. The lowest BCUT2D eigenvalue weighted by atomic mass is 10.4. The predicted molar refractivity (Wildman–Crippen MR) is 53.0 cm³/mol. The Labute approximate surface area is 85.3 Å². The molecule has 0 saturated heterocycles. The first-order valence-corrected chi connectivity index (χ1v) is 5.08. The molecule has 0 bridgehead atoms. The molecule has 14 heavy (non-hydrogen) atoms. The molecule has 0 aliphatic rings. The van der Waals surface area contributed by atoms with Crippen molar-refractivity contribution in [3.63, 3.8) is 0 Å². The monoisotopic (exact) mass is 210 g/mol. The molecule has 0 atom stereocenters. The number of hydrogen-bond donors (Lipinski definition) is 1. The fraction of sp³-hybridized carbons (Fsp3) is 0.333. The number of aliphatic hydroxyl groups excluding tert-OH is 1. The van der Waals surface area contributed by atoms with Gasteiger partial charge in [0.25, 0.3) is 0 Å². The van der Waals surface area contributed by atoms with Crippen molar-refractivity contribution < 1.29 is 9.52 Å². The third-order valence-electron chi connectivity index (χ3n) is 1.98. The van der Waals surface area contributed by atoms with Crippen molar-refractivity contribution in [2.75, 3.05) is 0 Å². The SMILES string of the molecule is Cc1nc(-c2scnc2C)oc1CO. The van der Waals surface area contributed by atoms with Crippen molar-refractivity contribution >= 4 is 11.3 Å². The van der Waals surface area contributed by atoms with Gasteiger partial charge >= 0.3 is 0 Å². The average Bonchev–Trinajstić information content (AvgIpc) is 2.71. The highest BCUT2D eigenvalue weighted by Gasteiger charge is 2.13. The van der Waals surface area contributed by atoms with Crippen LogP contribution < -0.4 is 0 Å². The van der Waals surface area contributed by atoms with E-state index in [1.54, 1.807) is 5.51 Å². The second-order valence-electron chi connectivity index (χ2n) is 2.95. The molecule has 74 valence electrons. The number of oxazole rings is 1. The van der Waals surface area contributed by atoms with Gasteiger partial charge in [0.1, 0.15) is 11.5 Å². The number of nitrogens with zero attached hydrogens (tertiary/aromatic N) is 2. The standard InChI is InChI=1S/C9H10N2O2S/c1-5-7(3-12)13-9(11-5)8-6(2)10-4-14-8/h4,12H,3H2,1-2H3. The van der Waals surface area contributed by atoms with Gasteiger partial charge in [0.05, 0.1) is 16.9 Å². The molecule has 0 spiro atoms. The maximum absolute atomic E-state index is 8.95. The first-order chi connectivity index (χ1) is 6.72. The number of rotatable bonds is 2. The van der Waals surface area contributed by atoms with Crippen LogP contribution in [-0.2, 0) is 6.61 Å². The second kappa shape index (κ2) is 3.51. The smallest absolute Gasteiger partial charge is 0.238 e. The van der Waals surface area contributed by atoms with E-state index in [4.69, 9.17) is 9.52 Å². The predicted octanol–water partition coefficient (Wildman–Crippen LogP) is 1.91. The molecule has 4 nitrogen and oxygen atoms in total. The third-order valence-corrected chi connectivity index (χ3v) is 2.89. The molecular weight excluding hydrogens is 200 g/mol. The zero-order chi connectivity index (χ0) is 10.1. The van der Waals surface area contributed by atoms with Gasteiger partial charge in [0.15, 0.2) is 5.76 Å². The van der Waals surface area contributed by atoms with Crippen LogP contribution in [0.1, 0.15) is 17.1 Å². The Morgan fingerprint density at radius 1 is 1.43 bits per heavy atom. The molecule has 2 aromatic heterocycles. The van der Waals surface area contributed by atoms with Gasteiger partial charge < -0.3 is 9.52 Å². The molecule has 0 fully saturated rings. The van der Waals surface area contributed by atoms with E-state index >= 15 is 0 Å². The van der Waals surface area contributed by atoms with Crippen molar-refractivity contribution in [2.24, 2.45) is 0 Å². The lowest BCUT2D eigenvalue weighted by molar-refractivity contribution is 0.247. The summed E-state index contributed by atoms with van der Waals surface area (Å²) >= 11 is 1.49. The quantitative estimate of drug-likeness (QED) is 0.822. The highest BCUT2D eigenvalue weighted by molar-refractivity contribution is 7.13. The Kier molecular flexibility index (Phi) is 2.35. The van der Waals surface area contributed by atoms with E-state index in [1.165, 1.54) is 11.3 Å². The summed E-state index contributed by atoms with van der Waals surface area (Å²) < 4.78 is 5.40. The molecule has 1 N–H and O–H groups in total. The van der Waals surface area contributed by atoms with Crippen LogP contribution in [0.3, 0.4) is 0 Å². The molecule has 0 radical (unpaired) electrons. The fourth-order valence-electron chi connectivity index (χ4n) is 1.18. The number of thiazole rings is 1. The molecule has 0 aliphatic heterocycles. The zero-order valence-corrected chi connectivity index (χ0v) is 8.76. The summed E-state index contributed by atoms with van der Waals surface area (Å²) in [6, 6.07) is 0. The van der Waals surface area contributed by atoms with E-state index in [2.05, 4.69) is 9.97 Å². The van der Waals surface area contributed by atoms with Crippen LogP contribution >= 0.6 is 11.3 Å². The zero-order valence-electron chi connectivity index (χ0n) is 7.94. The van der Waals surface area contributed by atoms with Crippen LogP contribution in [-0.4, -0.2) is 15.1 Å². The number of aromatic nitrogens is 2. The van der Waals surface area contributed by atoms with Crippen molar-refractivity contribution in [3.8, 4) is 10.8 Å². The summed E-state index contributed by atoms with van der Waals surface area (Å²) in [5, 5.41) is 8.95. The molecule has 0 aliphatic carbocycles. The van der Waals surface area contributed by atoms with Crippen molar-refractivity contribution in [1.82, 2.24) is 9.97 Å². The molecule has 0 saturated carbocycles.